The molecule has 2 nitrogen and oxygen atoms in total. The van der Waals surface area contributed by atoms with Crippen molar-refractivity contribution >= 4 is 5.97 Å². The summed E-state index contributed by atoms with van der Waals surface area (Å²) in [6.45, 7) is 2.00. The molecule has 0 rings (SSSR count). The molecule has 0 atom stereocenters. The Morgan fingerprint density at radius 2 is 2.09 bits per heavy atom. The van der Waals surface area contributed by atoms with Crippen LogP contribution in [-0.2, 0) is 4.79 Å². The minimum absolute atomic E-state index is 0.315. The molecule has 2 heteroatoms. The van der Waals surface area contributed by atoms with Gasteiger partial charge in [0.1, 0.15) is 0 Å². The van der Waals surface area contributed by atoms with Gasteiger partial charge in [0.05, 0.1) is 0 Å². The molecule has 64 valence electrons. The zero-order valence-electron chi connectivity index (χ0n) is 7.05. The average Bonchev–Trinajstić information content (AvgIpc) is 1.96. The highest BCUT2D eigenvalue weighted by Gasteiger charge is 1.94. The number of hydrogen-bond donors (Lipinski definition) is 1. The number of hydrogen-bond acceptors (Lipinski definition) is 1. The predicted octanol–water partition coefficient (Wildman–Crippen LogP) is 2.60. The molecule has 1 N–H and O–H groups in total. The molecule has 0 aromatic heterocycles. The lowest BCUT2D eigenvalue weighted by Crippen LogP contribution is -1.93. The van der Waals surface area contributed by atoms with Crippen molar-refractivity contribution in [3.05, 3.63) is 12.2 Å². The summed E-state index contributed by atoms with van der Waals surface area (Å²) >= 11 is 0. The van der Waals surface area contributed by atoms with E-state index in [1.807, 2.05) is 13.0 Å². The minimum Gasteiger partial charge on any atom is -0.481 e. The van der Waals surface area contributed by atoms with Crippen molar-refractivity contribution in [2.75, 3.05) is 0 Å². The monoisotopic (exact) mass is 156 g/mol. The molecule has 0 unspecified atom stereocenters. The first-order valence-electron chi connectivity index (χ1n) is 4.10. The minimum atomic E-state index is -0.684. The van der Waals surface area contributed by atoms with Crippen molar-refractivity contribution in [3.63, 3.8) is 0 Å². The van der Waals surface area contributed by atoms with E-state index < -0.39 is 5.97 Å². The van der Waals surface area contributed by atoms with Crippen LogP contribution >= 0.6 is 0 Å². The van der Waals surface area contributed by atoms with Crippen LogP contribution < -0.4 is 0 Å². The Morgan fingerprint density at radius 3 is 2.64 bits per heavy atom. The van der Waals surface area contributed by atoms with Crippen molar-refractivity contribution in [3.8, 4) is 0 Å². The van der Waals surface area contributed by atoms with E-state index in [1.165, 1.54) is 0 Å². The summed E-state index contributed by atoms with van der Waals surface area (Å²) in [5.41, 5.74) is 0. The van der Waals surface area contributed by atoms with Crippen LogP contribution in [0, 0.1) is 0 Å². The van der Waals surface area contributed by atoms with Crippen molar-refractivity contribution in [2.45, 2.75) is 39.0 Å². The summed E-state index contributed by atoms with van der Waals surface area (Å²) in [5.74, 6) is -0.684. The van der Waals surface area contributed by atoms with Gasteiger partial charge in [0.25, 0.3) is 0 Å². The van der Waals surface area contributed by atoms with E-state index in [2.05, 4.69) is 6.08 Å². The molecular formula is C9H16O2. The lowest BCUT2D eigenvalue weighted by atomic mass is 10.1. The first-order chi connectivity index (χ1) is 5.27. The van der Waals surface area contributed by atoms with Crippen molar-refractivity contribution in [1.82, 2.24) is 0 Å². The summed E-state index contributed by atoms with van der Waals surface area (Å²) in [6.07, 6.45) is 8.48. The SMILES string of the molecule is CC=CCCCCCC(=O)O. The van der Waals surface area contributed by atoms with Gasteiger partial charge in [0.2, 0.25) is 0 Å². The van der Waals surface area contributed by atoms with Crippen molar-refractivity contribution in [2.24, 2.45) is 0 Å². The molecule has 11 heavy (non-hydrogen) atoms. The van der Waals surface area contributed by atoms with Gasteiger partial charge in [-0.3, -0.25) is 4.79 Å². The second-order valence-corrected chi connectivity index (χ2v) is 2.56. The molecule has 0 fully saturated rings. The second kappa shape index (κ2) is 7.32. The standard InChI is InChI=1S/C9H16O2/c1-2-3-4-5-6-7-8-9(10)11/h2-3H,4-8H2,1H3,(H,10,11). The average molecular weight is 156 g/mol. The maximum atomic E-state index is 10.1. The molecule has 0 aromatic rings. The molecule has 0 aliphatic carbocycles. The Balaban J connectivity index is 2.96. The quantitative estimate of drug-likeness (QED) is 0.474. The van der Waals surface area contributed by atoms with Gasteiger partial charge in [0, 0.05) is 6.42 Å². The third-order valence-corrected chi connectivity index (χ3v) is 1.50. The fourth-order valence-corrected chi connectivity index (χ4v) is 0.882. The summed E-state index contributed by atoms with van der Waals surface area (Å²) in [6, 6.07) is 0. The second-order valence-electron chi connectivity index (χ2n) is 2.56. The van der Waals surface area contributed by atoms with Gasteiger partial charge >= 0.3 is 5.97 Å². The van der Waals surface area contributed by atoms with Gasteiger partial charge in [0.15, 0.2) is 0 Å². The molecule has 0 aromatic carbocycles. The van der Waals surface area contributed by atoms with Crippen molar-refractivity contribution in [1.29, 1.82) is 0 Å². The third-order valence-electron chi connectivity index (χ3n) is 1.50. The van der Waals surface area contributed by atoms with Crippen LogP contribution in [0.1, 0.15) is 39.0 Å². The number of aliphatic carboxylic acids is 1. The Kier molecular flexibility index (Phi) is 6.79. The summed E-state index contributed by atoms with van der Waals surface area (Å²) < 4.78 is 0. The van der Waals surface area contributed by atoms with Gasteiger partial charge in [-0.1, -0.05) is 18.6 Å². The maximum absolute atomic E-state index is 10.1. The van der Waals surface area contributed by atoms with Gasteiger partial charge in [-0.05, 0) is 26.2 Å². The van der Waals surface area contributed by atoms with Crippen LogP contribution in [0.5, 0.6) is 0 Å². The molecule has 0 bridgehead atoms. The van der Waals surface area contributed by atoms with Crippen molar-refractivity contribution < 1.29 is 9.90 Å². The molecule has 0 radical (unpaired) electrons. The number of rotatable bonds is 6. The first kappa shape index (κ1) is 10.2. The number of unbranched alkanes of at least 4 members (excludes halogenated alkanes) is 3. The Labute approximate surface area is 67.9 Å². The molecule has 0 amide bonds. The normalized spacial score (nSPS) is 10.6. The summed E-state index contributed by atoms with van der Waals surface area (Å²) in [5, 5.41) is 8.30. The first-order valence-corrected chi connectivity index (χ1v) is 4.10. The van der Waals surface area contributed by atoms with Crippen LogP contribution in [0.15, 0.2) is 12.2 Å². The predicted molar refractivity (Wildman–Crippen MR) is 45.5 cm³/mol. The smallest absolute Gasteiger partial charge is 0.303 e. The fourth-order valence-electron chi connectivity index (χ4n) is 0.882. The Hall–Kier alpha value is -0.790. The fraction of sp³-hybridized carbons (Fsp3) is 0.667. The van der Waals surface area contributed by atoms with E-state index in [0.717, 1.165) is 25.7 Å². The maximum Gasteiger partial charge on any atom is 0.303 e. The van der Waals surface area contributed by atoms with E-state index in [9.17, 15) is 4.79 Å². The molecule has 0 saturated carbocycles. The number of allylic oxidation sites excluding steroid dienone is 2. The highest BCUT2D eigenvalue weighted by molar-refractivity contribution is 5.66. The van der Waals surface area contributed by atoms with E-state index in [4.69, 9.17) is 5.11 Å². The van der Waals surface area contributed by atoms with Gasteiger partial charge < -0.3 is 5.11 Å². The Bertz CT molecular complexity index is 128. The van der Waals surface area contributed by atoms with Crippen LogP contribution in [-0.4, -0.2) is 11.1 Å². The zero-order valence-corrected chi connectivity index (χ0v) is 7.05. The van der Waals surface area contributed by atoms with Crippen LogP contribution in [0.4, 0.5) is 0 Å². The number of carbonyl (C=O) groups is 1. The molecule has 0 aliphatic rings. The zero-order chi connectivity index (χ0) is 8.53. The third kappa shape index (κ3) is 9.21. The highest BCUT2D eigenvalue weighted by Crippen LogP contribution is 2.03. The van der Waals surface area contributed by atoms with Gasteiger partial charge in [-0.15, -0.1) is 0 Å². The van der Waals surface area contributed by atoms with E-state index >= 15 is 0 Å². The molecule has 0 saturated heterocycles. The van der Waals surface area contributed by atoms with Gasteiger partial charge in [-0.25, -0.2) is 0 Å². The van der Waals surface area contributed by atoms with E-state index in [1.54, 1.807) is 0 Å². The van der Waals surface area contributed by atoms with E-state index in [0.29, 0.717) is 6.42 Å². The van der Waals surface area contributed by atoms with Crippen LogP contribution in [0.2, 0.25) is 0 Å². The molecule has 0 heterocycles. The Morgan fingerprint density at radius 1 is 1.36 bits per heavy atom. The lowest BCUT2D eigenvalue weighted by molar-refractivity contribution is -0.137. The topological polar surface area (TPSA) is 37.3 Å². The summed E-state index contributed by atoms with van der Waals surface area (Å²) in [4.78, 5) is 10.1. The molecule has 0 spiro atoms. The number of carboxylic acid groups (broad SMARTS) is 1. The van der Waals surface area contributed by atoms with Crippen LogP contribution in [0.25, 0.3) is 0 Å². The highest BCUT2D eigenvalue weighted by atomic mass is 16.4. The summed E-state index contributed by atoms with van der Waals surface area (Å²) in [7, 11) is 0. The lowest BCUT2D eigenvalue weighted by Gasteiger charge is -1.94. The molecular weight excluding hydrogens is 140 g/mol. The van der Waals surface area contributed by atoms with Gasteiger partial charge in [-0.2, -0.15) is 0 Å². The number of carboxylic acids is 1. The van der Waals surface area contributed by atoms with E-state index in [-0.39, 0.29) is 0 Å². The molecule has 0 aliphatic heterocycles. The van der Waals surface area contributed by atoms with Crippen LogP contribution in [0.3, 0.4) is 0 Å². The largest absolute Gasteiger partial charge is 0.481 e.